The standard InChI is InChI=1S/C19H23BrN6O/c20-15-11-23-26-18(22-10-13-4-3-7-21-9-13)8-17(25-19(15)26)24-16-6-2-1-5-14(16)12-27/h3-4,7-9,11,14,16,22,27H,1-2,5-6,10,12H2,(H,24,25)/t14-,16+/m0/s1. The number of anilines is 2. The number of nitrogens with one attached hydrogen (secondary N) is 2. The van der Waals surface area contributed by atoms with Gasteiger partial charge >= 0.3 is 0 Å². The number of aromatic nitrogens is 4. The fourth-order valence-corrected chi connectivity index (χ4v) is 3.99. The fraction of sp³-hybridized carbons (Fsp3) is 0.421. The highest BCUT2D eigenvalue weighted by atomic mass is 79.9. The number of hydrogen-bond donors (Lipinski definition) is 3. The molecule has 0 aromatic carbocycles. The van der Waals surface area contributed by atoms with Crippen LogP contribution in [-0.4, -0.2) is 37.3 Å². The van der Waals surface area contributed by atoms with Crippen LogP contribution in [0.15, 0.2) is 41.3 Å². The van der Waals surface area contributed by atoms with Gasteiger partial charge in [-0.05, 0) is 40.4 Å². The van der Waals surface area contributed by atoms with Crippen molar-refractivity contribution in [1.29, 1.82) is 0 Å². The van der Waals surface area contributed by atoms with Crippen LogP contribution < -0.4 is 10.6 Å². The van der Waals surface area contributed by atoms with E-state index in [1.807, 2.05) is 24.4 Å². The Labute approximate surface area is 166 Å². The number of nitrogens with zero attached hydrogens (tertiary/aromatic N) is 4. The Hall–Kier alpha value is -2.19. The van der Waals surface area contributed by atoms with Crippen molar-refractivity contribution in [3.8, 4) is 0 Å². The summed E-state index contributed by atoms with van der Waals surface area (Å²) in [7, 11) is 0. The van der Waals surface area contributed by atoms with Gasteiger partial charge in [0, 0.05) is 43.6 Å². The minimum absolute atomic E-state index is 0.211. The highest BCUT2D eigenvalue weighted by molar-refractivity contribution is 9.10. The Morgan fingerprint density at radius 3 is 2.96 bits per heavy atom. The van der Waals surface area contributed by atoms with Crippen LogP contribution in [0.1, 0.15) is 31.2 Å². The number of rotatable bonds is 6. The van der Waals surface area contributed by atoms with Crippen molar-refractivity contribution in [2.45, 2.75) is 38.3 Å². The average molecular weight is 431 g/mol. The van der Waals surface area contributed by atoms with E-state index in [0.717, 1.165) is 40.2 Å². The minimum atomic E-state index is 0.211. The van der Waals surface area contributed by atoms with Gasteiger partial charge in [-0.15, -0.1) is 0 Å². The zero-order valence-corrected chi connectivity index (χ0v) is 16.6. The van der Waals surface area contributed by atoms with Gasteiger partial charge in [-0.2, -0.15) is 9.61 Å². The molecular weight excluding hydrogens is 408 g/mol. The highest BCUT2D eigenvalue weighted by Crippen LogP contribution is 2.28. The van der Waals surface area contributed by atoms with Crippen molar-refractivity contribution in [2.75, 3.05) is 17.2 Å². The summed E-state index contributed by atoms with van der Waals surface area (Å²) in [6, 6.07) is 6.18. The molecule has 0 amide bonds. The Morgan fingerprint density at radius 2 is 2.15 bits per heavy atom. The summed E-state index contributed by atoms with van der Waals surface area (Å²) >= 11 is 3.53. The van der Waals surface area contributed by atoms with Crippen LogP contribution in [0.2, 0.25) is 0 Å². The Bertz CT molecular complexity index is 900. The van der Waals surface area contributed by atoms with E-state index in [0.29, 0.717) is 6.54 Å². The molecule has 0 radical (unpaired) electrons. The van der Waals surface area contributed by atoms with Crippen LogP contribution in [0, 0.1) is 5.92 Å². The van der Waals surface area contributed by atoms with Crippen LogP contribution in [0.3, 0.4) is 0 Å². The van der Waals surface area contributed by atoms with E-state index in [9.17, 15) is 5.11 Å². The van der Waals surface area contributed by atoms with Gasteiger partial charge in [-0.1, -0.05) is 18.9 Å². The molecule has 142 valence electrons. The predicted molar refractivity (Wildman–Crippen MR) is 109 cm³/mol. The Morgan fingerprint density at radius 1 is 1.26 bits per heavy atom. The van der Waals surface area contributed by atoms with Crippen molar-refractivity contribution in [2.24, 2.45) is 5.92 Å². The van der Waals surface area contributed by atoms with Crippen molar-refractivity contribution < 1.29 is 5.11 Å². The number of fused-ring (bicyclic) bond motifs is 1. The summed E-state index contributed by atoms with van der Waals surface area (Å²) in [5.41, 5.74) is 1.85. The third kappa shape index (κ3) is 4.06. The maximum Gasteiger partial charge on any atom is 0.173 e. The molecule has 0 spiro atoms. The van der Waals surface area contributed by atoms with Crippen LogP contribution in [0.5, 0.6) is 0 Å². The van der Waals surface area contributed by atoms with Gasteiger partial charge in [0.1, 0.15) is 11.6 Å². The number of aliphatic hydroxyl groups is 1. The second kappa shape index (κ2) is 8.22. The molecule has 1 fully saturated rings. The Balaban J connectivity index is 1.60. The van der Waals surface area contributed by atoms with Crippen molar-refractivity contribution in [1.82, 2.24) is 19.6 Å². The molecule has 0 unspecified atom stereocenters. The molecule has 8 heteroatoms. The molecule has 27 heavy (non-hydrogen) atoms. The zero-order chi connectivity index (χ0) is 18.6. The van der Waals surface area contributed by atoms with Crippen LogP contribution in [0.25, 0.3) is 5.65 Å². The molecule has 0 bridgehead atoms. The van der Waals surface area contributed by atoms with Crippen molar-refractivity contribution in [3.05, 3.63) is 46.8 Å². The van der Waals surface area contributed by atoms with Gasteiger partial charge in [-0.3, -0.25) is 4.98 Å². The number of pyridine rings is 1. The minimum Gasteiger partial charge on any atom is -0.396 e. The van der Waals surface area contributed by atoms with Crippen LogP contribution in [0.4, 0.5) is 11.6 Å². The van der Waals surface area contributed by atoms with E-state index in [4.69, 9.17) is 4.98 Å². The second-order valence-electron chi connectivity index (χ2n) is 6.95. The summed E-state index contributed by atoms with van der Waals surface area (Å²) in [6.07, 6.45) is 9.83. The highest BCUT2D eigenvalue weighted by Gasteiger charge is 2.25. The lowest BCUT2D eigenvalue weighted by molar-refractivity contribution is 0.178. The quantitative estimate of drug-likeness (QED) is 0.554. The molecule has 1 saturated carbocycles. The smallest absolute Gasteiger partial charge is 0.173 e. The molecule has 1 aliphatic carbocycles. The van der Waals surface area contributed by atoms with E-state index in [1.165, 1.54) is 12.8 Å². The Kier molecular flexibility index (Phi) is 5.54. The maximum atomic E-state index is 9.69. The van der Waals surface area contributed by atoms with E-state index in [1.54, 1.807) is 16.9 Å². The van der Waals surface area contributed by atoms with Gasteiger partial charge in [-0.25, -0.2) is 4.98 Å². The first kappa shape index (κ1) is 18.2. The second-order valence-corrected chi connectivity index (χ2v) is 7.80. The zero-order valence-electron chi connectivity index (χ0n) is 15.0. The van der Waals surface area contributed by atoms with Crippen LogP contribution >= 0.6 is 15.9 Å². The van der Waals surface area contributed by atoms with Crippen molar-refractivity contribution in [3.63, 3.8) is 0 Å². The summed E-state index contributed by atoms with van der Waals surface area (Å²) in [4.78, 5) is 8.88. The molecule has 3 aromatic rings. The molecule has 3 heterocycles. The first-order valence-electron chi connectivity index (χ1n) is 9.29. The third-order valence-corrected chi connectivity index (χ3v) is 5.66. The number of halogens is 1. The van der Waals surface area contributed by atoms with E-state index >= 15 is 0 Å². The van der Waals surface area contributed by atoms with Gasteiger partial charge in [0.2, 0.25) is 0 Å². The van der Waals surface area contributed by atoms with Gasteiger partial charge in [0.05, 0.1) is 10.7 Å². The molecular formula is C19H23BrN6O. The number of aliphatic hydroxyl groups excluding tert-OH is 1. The van der Waals surface area contributed by atoms with Gasteiger partial charge < -0.3 is 15.7 Å². The topological polar surface area (TPSA) is 87.4 Å². The molecule has 3 aromatic heterocycles. The summed E-state index contributed by atoms with van der Waals surface area (Å²) in [6.45, 7) is 0.856. The third-order valence-electron chi connectivity index (χ3n) is 5.10. The number of hydrogen-bond acceptors (Lipinski definition) is 6. The lowest BCUT2D eigenvalue weighted by Crippen LogP contribution is -2.34. The SMILES string of the molecule is OC[C@@H]1CCCC[C@H]1Nc1cc(NCc2cccnc2)n2ncc(Br)c2n1. The normalized spacial score (nSPS) is 19.9. The first-order chi connectivity index (χ1) is 13.2. The molecule has 3 N–H and O–H groups in total. The van der Waals surface area contributed by atoms with Gasteiger partial charge in [0.25, 0.3) is 0 Å². The summed E-state index contributed by atoms with van der Waals surface area (Å²) < 4.78 is 2.63. The van der Waals surface area contributed by atoms with E-state index in [2.05, 4.69) is 36.6 Å². The predicted octanol–water partition coefficient (Wildman–Crippen LogP) is 3.46. The van der Waals surface area contributed by atoms with Crippen molar-refractivity contribution >= 4 is 33.2 Å². The maximum absolute atomic E-state index is 9.69. The monoisotopic (exact) mass is 430 g/mol. The molecule has 0 saturated heterocycles. The molecule has 4 rings (SSSR count). The molecule has 1 aliphatic rings. The van der Waals surface area contributed by atoms with Gasteiger partial charge in [0.15, 0.2) is 5.65 Å². The lowest BCUT2D eigenvalue weighted by Gasteiger charge is -2.31. The lowest BCUT2D eigenvalue weighted by atomic mass is 9.85. The van der Waals surface area contributed by atoms with Crippen LogP contribution in [-0.2, 0) is 6.54 Å². The summed E-state index contributed by atoms with van der Waals surface area (Å²) in [5, 5.41) is 21.1. The molecule has 7 nitrogen and oxygen atoms in total. The first-order valence-corrected chi connectivity index (χ1v) is 10.1. The fourth-order valence-electron chi connectivity index (χ4n) is 3.64. The largest absolute Gasteiger partial charge is 0.396 e. The molecule has 0 aliphatic heterocycles. The van der Waals surface area contributed by atoms with E-state index in [-0.39, 0.29) is 18.6 Å². The molecule has 2 atom stereocenters. The average Bonchev–Trinajstić information content (AvgIpc) is 3.08. The van der Waals surface area contributed by atoms with E-state index < -0.39 is 0 Å². The summed E-state index contributed by atoms with van der Waals surface area (Å²) in [5.74, 6) is 1.92.